The largest absolute Gasteiger partial charge is 0.380 e. The molecular weight excluding hydrogens is 266 g/mol. The predicted molar refractivity (Wildman–Crippen MR) is 82.3 cm³/mol. The number of nitrogens with one attached hydrogen (secondary N) is 2. The lowest BCUT2D eigenvalue weighted by Crippen LogP contribution is -2.35. The van der Waals surface area contributed by atoms with Gasteiger partial charge < -0.3 is 20.3 Å². The highest BCUT2D eigenvalue weighted by Gasteiger charge is 2.29. The van der Waals surface area contributed by atoms with E-state index < -0.39 is 0 Å². The van der Waals surface area contributed by atoms with E-state index in [1.54, 1.807) is 7.11 Å². The van der Waals surface area contributed by atoms with Gasteiger partial charge in [-0.2, -0.15) is 0 Å². The summed E-state index contributed by atoms with van der Waals surface area (Å²) in [6.45, 7) is 2.79. The molecule has 1 saturated heterocycles. The van der Waals surface area contributed by atoms with Crippen LogP contribution >= 0.6 is 0 Å². The second kappa shape index (κ2) is 6.13. The smallest absolute Gasteiger partial charge is 0.241 e. The number of benzene rings is 1. The molecule has 1 fully saturated rings. The van der Waals surface area contributed by atoms with Crippen molar-refractivity contribution < 1.29 is 9.53 Å². The number of nitrogens with zero attached hydrogens (tertiary/aromatic N) is 1. The van der Waals surface area contributed by atoms with E-state index in [0.29, 0.717) is 0 Å². The summed E-state index contributed by atoms with van der Waals surface area (Å²) in [7, 11) is 3.81. The molecule has 0 aliphatic carbocycles. The van der Waals surface area contributed by atoms with Crippen molar-refractivity contribution in [1.29, 1.82) is 0 Å². The molecule has 0 radical (unpaired) electrons. The van der Waals surface area contributed by atoms with Gasteiger partial charge in [-0.1, -0.05) is 6.07 Å². The third kappa shape index (κ3) is 3.26. The van der Waals surface area contributed by atoms with Gasteiger partial charge in [0.05, 0.1) is 12.1 Å². The molecular formula is C16H23N3O2. The van der Waals surface area contributed by atoms with Crippen molar-refractivity contribution in [1.82, 2.24) is 10.2 Å². The van der Waals surface area contributed by atoms with Crippen LogP contribution in [0.3, 0.4) is 0 Å². The molecule has 2 N–H and O–H groups in total. The van der Waals surface area contributed by atoms with E-state index in [-0.39, 0.29) is 18.1 Å². The van der Waals surface area contributed by atoms with Crippen LogP contribution in [0.2, 0.25) is 0 Å². The number of methoxy groups -OCH3 is 1. The minimum absolute atomic E-state index is 0.0265. The number of carbonyl (C=O) groups is 1. The molecule has 0 spiro atoms. The molecule has 2 aliphatic rings. The fourth-order valence-electron chi connectivity index (χ4n) is 3.09. The minimum atomic E-state index is -0.159. The van der Waals surface area contributed by atoms with Crippen LogP contribution in [0.1, 0.15) is 17.5 Å². The quantitative estimate of drug-likeness (QED) is 0.871. The molecule has 2 unspecified atom stereocenters. The maximum absolute atomic E-state index is 12.3. The first-order valence-corrected chi connectivity index (χ1v) is 7.53. The van der Waals surface area contributed by atoms with Crippen molar-refractivity contribution in [3.05, 3.63) is 29.3 Å². The van der Waals surface area contributed by atoms with Gasteiger partial charge in [0, 0.05) is 32.4 Å². The van der Waals surface area contributed by atoms with Crippen molar-refractivity contribution >= 4 is 11.6 Å². The Labute approximate surface area is 125 Å². The molecule has 5 heteroatoms. The summed E-state index contributed by atoms with van der Waals surface area (Å²) >= 11 is 0. The number of hydrogen-bond donors (Lipinski definition) is 2. The van der Waals surface area contributed by atoms with Crippen LogP contribution in [0.4, 0.5) is 5.69 Å². The summed E-state index contributed by atoms with van der Waals surface area (Å²) in [5.74, 6) is 0.0265. The van der Waals surface area contributed by atoms with Crippen molar-refractivity contribution in [3.63, 3.8) is 0 Å². The summed E-state index contributed by atoms with van der Waals surface area (Å²) in [5.41, 5.74) is 3.59. The van der Waals surface area contributed by atoms with E-state index in [9.17, 15) is 4.79 Å². The van der Waals surface area contributed by atoms with Crippen LogP contribution in [0, 0.1) is 0 Å². The number of fused-ring (bicyclic) bond motifs is 1. The molecule has 1 amide bonds. The van der Waals surface area contributed by atoms with Gasteiger partial charge in [-0.3, -0.25) is 4.79 Å². The highest BCUT2D eigenvalue weighted by Crippen LogP contribution is 2.22. The molecule has 21 heavy (non-hydrogen) atoms. The normalized spacial score (nSPS) is 25.6. The SMILES string of the molecule is COC1CNC(C(=O)Nc2ccc3c(c2)CN(C)CC3)C1. The van der Waals surface area contributed by atoms with E-state index in [1.165, 1.54) is 11.1 Å². The number of rotatable bonds is 3. The Hall–Kier alpha value is -1.43. The summed E-state index contributed by atoms with van der Waals surface area (Å²) in [5, 5.41) is 6.22. The number of likely N-dealkylation sites (N-methyl/N-ethyl adjacent to an activating group) is 1. The maximum Gasteiger partial charge on any atom is 0.241 e. The number of carbonyl (C=O) groups excluding carboxylic acids is 1. The maximum atomic E-state index is 12.3. The lowest BCUT2D eigenvalue weighted by atomic mass is 9.99. The Bertz CT molecular complexity index is 532. The second-order valence-electron chi connectivity index (χ2n) is 6.01. The molecule has 2 heterocycles. The Morgan fingerprint density at radius 1 is 1.43 bits per heavy atom. The molecule has 0 aromatic heterocycles. The molecule has 2 aliphatic heterocycles. The highest BCUT2D eigenvalue weighted by atomic mass is 16.5. The van der Waals surface area contributed by atoms with Gasteiger partial charge in [-0.25, -0.2) is 0 Å². The fraction of sp³-hybridized carbons (Fsp3) is 0.562. The minimum Gasteiger partial charge on any atom is -0.380 e. The third-order valence-corrected chi connectivity index (χ3v) is 4.42. The molecule has 2 atom stereocenters. The van der Waals surface area contributed by atoms with Crippen LogP contribution < -0.4 is 10.6 Å². The first-order valence-electron chi connectivity index (χ1n) is 7.53. The van der Waals surface area contributed by atoms with E-state index in [2.05, 4.69) is 34.7 Å². The van der Waals surface area contributed by atoms with E-state index >= 15 is 0 Å². The van der Waals surface area contributed by atoms with Crippen LogP contribution in [-0.2, 0) is 22.5 Å². The second-order valence-corrected chi connectivity index (χ2v) is 6.01. The van der Waals surface area contributed by atoms with E-state index in [0.717, 1.165) is 38.2 Å². The first-order chi connectivity index (χ1) is 10.2. The van der Waals surface area contributed by atoms with Gasteiger partial charge in [-0.05, 0) is 43.1 Å². The van der Waals surface area contributed by atoms with Gasteiger partial charge in [0.1, 0.15) is 0 Å². The van der Waals surface area contributed by atoms with Gasteiger partial charge in [0.2, 0.25) is 5.91 Å². The molecule has 1 aromatic rings. The highest BCUT2D eigenvalue weighted by molar-refractivity contribution is 5.95. The van der Waals surface area contributed by atoms with Gasteiger partial charge >= 0.3 is 0 Å². The fourth-order valence-corrected chi connectivity index (χ4v) is 3.09. The predicted octanol–water partition coefficient (Wildman–Crippen LogP) is 0.990. The van der Waals surface area contributed by atoms with E-state index in [4.69, 9.17) is 4.74 Å². The monoisotopic (exact) mass is 289 g/mol. The summed E-state index contributed by atoms with van der Waals surface area (Å²) < 4.78 is 5.28. The number of ether oxygens (including phenoxy) is 1. The zero-order valence-electron chi connectivity index (χ0n) is 12.7. The molecule has 114 valence electrons. The summed E-state index contributed by atoms with van der Waals surface area (Å²) in [6, 6.07) is 6.09. The van der Waals surface area contributed by atoms with Crippen LogP contribution in [0.5, 0.6) is 0 Å². The number of anilines is 1. The van der Waals surface area contributed by atoms with Gasteiger partial charge in [0.15, 0.2) is 0 Å². The Kier molecular flexibility index (Phi) is 4.24. The summed E-state index contributed by atoms with van der Waals surface area (Å²) in [6.07, 6.45) is 1.95. The first kappa shape index (κ1) is 14.5. The van der Waals surface area contributed by atoms with Crippen molar-refractivity contribution in [2.45, 2.75) is 31.5 Å². The van der Waals surface area contributed by atoms with Gasteiger partial charge in [-0.15, -0.1) is 0 Å². The van der Waals surface area contributed by atoms with Crippen molar-refractivity contribution in [3.8, 4) is 0 Å². The lowest BCUT2D eigenvalue weighted by molar-refractivity contribution is -0.118. The molecule has 1 aromatic carbocycles. The number of amides is 1. The summed E-state index contributed by atoms with van der Waals surface area (Å²) in [4.78, 5) is 14.6. The van der Waals surface area contributed by atoms with E-state index in [1.807, 2.05) is 6.07 Å². The molecule has 5 nitrogen and oxygen atoms in total. The van der Waals surface area contributed by atoms with Crippen molar-refractivity contribution in [2.24, 2.45) is 0 Å². The standard InChI is InChI=1S/C16H23N3O2/c1-19-6-5-11-3-4-13(7-12(11)10-19)18-16(20)15-8-14(21-2)9-17-15/h3-4,7,14-15,17H,5-6,8-10H2,1-2H3,(H,18,20). The lowest BCUT2D eigenvalue weighted by Gasteiger charge is -2.25. The Morgan fingerprint density at radius 2 is 2.29 bits per heavy atom. The zero-order valence-corrected chi connectivity index (χ0v) is 12.7. The Balaban J connectivity index is 1.65. The number of hydrogen-bond acceptors (Lipinski definition) is 4. The zero-order chi connectivity index (χ0) is 14.8. The Morgan fingerprint density at radius 3 is 3.05 bits per heavy atom. The molecule has 0 saturated carbocycles. The molecule has 3 rings (SSSR count). The van der Waals surface area contributed by atoms with Crippen LogP contribution in [0.15, 0.2) is 18.2 Å². The third-order valence-electron chi connectivity index (χ3n) is 4.42. The van der Waals surface area contributed by atoms with Crippen molar-refractivity contribution in [2.75, 3.05) is 32.6 Å². The van der Waals surface area contributed by atoms with Crippen LogP contribution in [-0.4, -0.2) is 50.2 Å². The van der Waals surface area contributed by atoms with Gasteiger partial charge in [0.25, 0.3) is 0 Å². The van der Waals surface area contributed by atoms with Crippen LogP contribution in [0.25, 0.3) is 0 Å². The average molecular weight is 289 g/mol. The topological polar surface area (TPSA) is 53.6 Å². The average Bonchev–Trinajstić information content (AvgIpc) is 2.96. The molecule has 0 bridgehead atoms.